The number of sulfonamides is 1. The molecule has 0 aliphatic carbocycles. The fraction of sp³-hybridized carbons (Fsp3) is 0.375. The zero-order chi connectivity index (χ0) is 33.3. The molecule has 10 nitrogen and oxygen atoms in total. The summed E-state index contributed by atoms with van der Waals surface area (Å²) in [5.74, 6) is 0.0810. The molecule has 13 heteroatoms. The van der Waals surface area contributed by atoms with Crippen LogP contribution in [-0.4, -0.2) is 64.6 Å². The zero-order valence-electron chi connectivity index (χ0n) is 26.2. The maximum absolute atomic E-state index is 14.3. The lowest BCUT2D eigenvalue weighted by atomic mass is 10.1. The molecule has 1 atom stereocenters. The van der Waals surface area contributed by atoms with Gasteiger partial charge in [0.1, 0.15) is 18.3 Å². The lowest BCUT2D eigenvalue weighted by Crippen LogP contribution is -2.53. The van der Waals surface area contributed by atoms with Crippen LogP contribution < -0.4 is 23.8 Å². The standard InChI is InChI=1S/C32H39Cl2N3O7S/c1-7-28(32(39)35-21(3)4)36(19-22-9-10-23(33)17-27(22)34)31(38)20-37(24-11-13-25(14-12-24)44-8-2)45(40,41)26-15-16-29(42-5)30(18-26)43-6/h9-18,21,28H,7-8,19-20H2,1-6H3,(H,35,39). The van der Waals surface area contributed by atoms with Crippen LogP contribution in [0.2, 0.25) is 10.0 Å². The molecule has 0 saturated carbocycles. The lowest BCUT2D eigenvalue weighted by Gasteiger charge is -2.33. The van der Waals surface area contributed by atoms with Crippen molar-refractivity contribution in [3.8, 4) is 17.2 Å². The molecule has 0 bridgehead atoms. The second-order valence-electron chi connectivity index (χ2n) is 10.3. The molecular formula is C32H39Cl2N3O7S. The van der Waals surface area contributed by atoms with Gasteiger partial charge in [0.2, 0.25) is 11.8 Å². The third-order valence-electron chi connectivity index (χ3n) is 6.83. The van der Waals surface area contributed by atoms with Gasteiger partial charge in [0.05, 0.1) is 31.4 Å². The van der Waals surface area contributed by atoms with Crippen LogP contribution in [-0.2, 0) is 26.2 Å². The number of carbonyl (C=O) groups excluding carboxylic acids is 2. The van der Waals surface area contributed by atoms with Crippen molar-refractivity contribution in [2.45, 2.75) is 57.6 Å². The molecule has 3 aromatic rings. The SMILES string of the molecule is CCOc1ccc(N(CC(=O)N(Cc2ccc(Cl)cc2Cl)C(CC)C(=O)NC(C)C)S(=O)(=O)c2ccc(OC)c(OC)c2)cc1. The number of halogens is 2. The number of rotatable bonds is 15. The van der Waals surface area contributed by atoms with Crippen molar-refractivity contribution >= 4 is 50.7 Å². The summed E-state index contributed by atoms with van der Waals surface area (Å²) in [6.45, 7) is 6.98. The van der Waals surface area contributed by atoms with E-state index in [1.54, 1.807) is 49.4 Å². The first-order valence-corrected chi connectivity index (χ1v) is 16.6. The highest BCUT2D eigenvalue weighted by Crippen LogP contribution is 2.33. The summed E-state index contributed by atoms with van der Waals surface area (Å²) in [6.07, 6.45) is 0.265. The largest absolute Gasteiger partial charge is 0.494 e. The van der Waals surface area contributed by atoms with Crippen LogP contribution in [0.5, 0.6) is 17.2 Å². The Bertz CT molecular complexity index is 1580. The first kappa shape index (κ1) is 35.8. The van der Waals surface area contributed by atoms with E-state index in [-0.39, 0.29) is 41.2 Å². The van der Waals surface area contributed by atoms with Crippen LogP contribution >= 0.6 is 23.2 Å². The van der Waals surface area contributed by atoms with E-state index in [0.717, 1.165) is 4.31 Å². The molecule has 2 amide bonds. The minimum atomic E-state index is -4.36. The van der Waals surface area contributed by atoms with Gasteiger partial charge < -0.3 is 24.4 Å². The molecule has 0 fully saturated rings. The Morgan fingerprint density at radius 1 is 0.911 bits per heavy atom. The van der Waals surface area contributed by atoms with Crippen LogP contribution in [0.4, 0.5) is 5.69 Å². The molecule has 0 heterocycles. The van der Waals surface area contributed by atoms with E-state index in [1.807, 2.05) is 20.8 Å². The molecule has 0 radical (unpaired) electrons. The Kier molecular flexibility index (Phi) is 12.8. The molecule has 45 heavy (non-hydrogen) atoms. The van der Waals surface area contributed by atoms with E-state index in [2.05, 4.69) is 5.32 Å². The van der Waals surface area contributed by atoms with E-state index >= 15 is 0 Å². The summed E-state index contributed by atoms with van der Waals surface area (Å²) in [5.41, 5.74) is 0.756. The summed E-state index contributed by atoms with van der Waals surface area (Å²) in [7, 11) is -1.52. The van der Waals surface area contributed by atoms with E-state index in [0.29, 0.717) is 33.7 Å². The van der Waals surface area contributed by atoms with Gasteiger partial charge in [-0.2, -0.15) is 0 Å². The van der Waals surface area contributed by atoms with Crippen LogP contribution in [0, 0.1) is 0 Å². The van der Waals surface area contributed by atoms with Gasteiger partial charge in [0, 0.05) is 28.7 Å². The summed E-state index contributed by atoms with van der Waals surface area (Å²) in [5, 5.41) is 3.58. The fourth-order valence-electron chi connectivity index (χ4n) is 4.64. The molecule has 1 unspecified atom stereocenters. The molecule has 244 valence electrons. The van der Waals surface area contributed by atoms with Crippen molar-refractivity contribution in [2.75, 3.05) is 31.7 Å². The first-order valence-electron chi connectivity index (χ1n) is 14.4. The highest BCUT2D eigenvalue weighted by atomic mass is 35.5. The molecule has 0 saturated heterocycles. The average Bonchev–Trinajstić information content (AvgIpc) is 3.00. The number of hydrogen-bond acceptors (Lipinski definition) is 7. The fourth-order valence-corrected chi connectivity index (χ4v) is 6.54. The molecule has 0 aliphatic rings. The van der Waals surface area contributed by atoms with Gasteiger partial charge in [0.25, 0.3) is 10.0 Å². The quantitative estimate of drug-likeness (QED) is 0.212. The summed E-state index contributed by atoms with van der Waals surface area (Å²) >= 11 is 12.6. The maximum Gasteiger partial charge on any atom is 0.264 e. The van der Waals surface area contributed by atoms with Crippen LogP contribution in [0.1, 0.15) is 39.7 Å². The predicted molar refractivity (Wildman–Crippen MR) is 176 cm³/mol. The zero-order valence-corrected chi connectivity index (χ0v) is 28.5. The number of nitrogens with zero attached hydrogens (tertiary/aromatic N) is 2. The van der Waals surface area contributed by atoms with Crippen molar-refractivity contribution in [3.05, 3.63) is 76.3 Å². The Labute approximate surface area is 275 Å². The summed E-state index contributed by atoms with van der Waals surface area (Å²) < 4.78 is 45.7. The molecule has 0 spiro atoms. The average molecular weight is 681 g/mol. The van der Waals surface area contributed by atoms with E-state index in [4.69, 9.17) is 37.4 Å². The Balaban J connectivity index is 2.13. The second-order valence-corrected chi connectivity index (χ2v) is 13.0. The highest BCUT2D eigenvalue weighted by Gasteiger charge is 2.34. The van der Waals surface area contributed by atoms with Crippen LogP contribution in [0.15, 0.2) is 65.6 Å². The second kappa shape index (κ2) is 16.1. The van der Waals surface area contributed by atoms with Crippen molar-refractivity contribution in [1.29, 1.82) is 0 Å². The Morgan fingerprint density at radius 2 is 1.58 bits per heavy atom. The number of amides is 2. The minimum absolute atomic E-state index is 0.0631. The van der Waals surface area contributed by atoms with Crippen molar-refractivity contribution in [2.24, 2.45) is 0 Å². The van der Waals surface area contributed by atoms with E-state index in [9.17, 15) is 18.0 Å². The monoisotopic (exact) mass is 679 g/mol. The van der Waals surface area contributed by atoms with Crippen molar-refractivity contribution in [3.63, 3.8) is 0 Å². The van der Waals surface area contributed by atoms with Crippen LogP contribution in [0.25, 0.3) is 0 Å². The third kappa shape index (κ3) is 8.96. The molecular weight excluding hydrogens is 641 g/mol. The summed E-state index contributed by atoms with van der Waals surface area (Å²) in [4.78, 5) is 28.8. The normalized spacial score (nSPS) is 11.9. The van der Waals surface area contributed by atoms with Crippen molar-refractivity contribution in [1.82, 2.24) is 10.2 Å². The van der Waals surface area contributed by atoms with Gasteiger partial charge in [-0.3, -0.25) is 13.9 Å². The summed E-state index contributed by atoms with van der Waals surface area (Å²) in [6, 6.07) is 14.3. The Hall–Kier alpha value is -3.67. The smallest absolute Gasteiger partial charge is 0.264 e. The van der Waals surface area contributed by atoms with Gasteiger partial charge in [-0.1, -0.05) is 36.2 Å². The van der Waals surface area contributed by atoms with Gasteiger partial charge in [-0.25, -0.2) is 8.42 Å². The van der Waals surface area contributed by atoms with Gasteiger partial charge in [-0.05, 0) is 81.3 Å². The number of methoxy groups -OCH3 is 2. The number of carbonyl (C=O) groups is 2. The minimum Gasteiger partial charge on any atom is -0.494 e. The first-order chi connectivity index (χ1) is 21.4. The number of hydrogen-bond donors (Lipinski definition) is 1. The Morgan fingerprint density at radius 3 is 2.13 bits per heavy atom. The molecule has 0 aromatic heterocycles. The number of nitrogens with one attached hydrogen (secondary N) is 1. The van der Waals surface area contributed by atoms with Gasteiger partial charge in [-0.15, -0.1) is 0 Å². The molecule has 3 rings (SSSR count). The lowest BCUT2D eigenvalue weighted by molar-refractivity contribution is -0.140. The molecule has 3 aromatic carbocycles. The maximum atomic E-state index is 14.3. The van der Waals surface area contributed by atoms with Crippen LogP contribution in [0.3, 0.4) is 0 Å². The van der Waals surface area contributed by atoms with E-state index in [1.165, 1.54) is 37.3 Å². The topological polar surface area (TPSA) is 114 Å². The highest BCUT2D eigenvalue weighted by molar-refractivity contribution is 7.92. The number of anilines is 1. The predicted octanol–water partition coefficient (Wildman–Crippen LogP) is 5.94. The van der Waals surface area contributed by atoms with Gasteiger partial charge in [0.15, 0.2) is 11.5 Å². The molecule has 1 N–H and O–H groups in total. The third-order valence-corrected chi connectivity index (χ3v) is 9.19. The molecule has 0 aliphatic heterocycles. The number of benzene rings is 3. The van der Waals surface area contributed by atoms with E-state index < -0.39 is 28.5 Å². The van der Waals surface area contributed by atoms with Crippen molar-refractivity contribution < 1.29 is 32.2 Å². The van der Waals surface area contributed by atoms with Gasteiger partial charge >= 0.3 is 0 Å². The number of ether oxygens (including phenoxy) is 3.